The fraction of sp³-hybridized carbons (Fsp3) is 0.769. The van der Waals surface area contributed by atoms with Gasteiger partial charge in [-0.3, -0.25) is 9.36 Å². The summed E-state index contributed by atoms with van der Waals surface area (Å²) >= 11 is 1.19. The minimum atomic E-state index is -3.02. The molecule has 0 aliphatic carbocycles. The van der Waals surface area contributed by atoms with Crippen LogP contribution in [0, 0.1) is 0 Å². The van der Waals surface area contributed by atoms with Gasteiger partial charge in [0, 0.05) is 12.6 Å². The molecule has 0 aromatic carbocycles. The highest BCUT2D eigenvalue weighted by molar-refractivity contribution is 8.00. The molecular formula is C13H22N4O4S2. The Kier molecular flexibility index (Phi) is 5.90. The lowest BCUT2D eigenvalue weighted by Gasteiger charge is -2.15. The summed E-state index contributed by atoms with van der Waals surface area (Å²) in [5, 5.41) is 9.13. The van der Waals surface area contributed by atoms with Gasteiger partial charge in [0.1, 0.15) is 0 Å². The fourth-order valence-electron chi connectivity index (χ4n) is 2.35. The molecule has 10 heteroatoms. The van der Waals surface area contributed by atoms with Crippen molar-refractivity contribution in [2.75, 3.05) is 11.5 Å². The van der Waals surface area contributed by atoms with Gasteiger partial charge >= 0.3 is 5.69 Å². The third-order valence-corrected chi connectivity index (χ3v) is 6.55. The molecule has 1 amide bonds. The molecule has 23 heavy (non-hydrogen) atoms. The van der Waals surface area contributed by atoms with E-state index in [0.717, 1.165) is 12.8 Å². The lowest BCUT2D eigenvalue weighted by molar-refractivity contribution is -0.120. The van der Waals surface area contributed by atoms with Crippen LogP contribution in [0.25, 0.3) is 0 Å². The summed E-state index contributed by atoms with van der Waals surface area (Å²) in [6, 6.07) is -0.322. The van der Waals surface area contributed by atoms with Crippen LogP contribution in [0.1, 0.15) is 33.1 Å². The van der Waals surface area contributed by atoms with Crippen LogP contribution in [0.5, 0.6) is 0 Å². The van der Waals surface area contributed by atoms with Gasteiger partial charge in [-0.1, -0.05) is 25.1 Å². The first-order valence-corrected chi connectivity index (χ1v) is 10.3. The van der Waals surface area contributed by atoms with Crippen molar-refractivity contribution < 1.29 is 13.2 Å². The average molecular weight is 362 g/mol. The number of amides is 1. The third kappa shape index (κ3) is 4.84. The molecule has 0 spiro atoms. The van der Waals surface area contributed by atoms with E-state index in [2.05, 4.69) is 15.5 Å². The molecule has 1 aliphatic heterocycles. The maximum Gasteiger partial charge on any atom is 0.343 e. The van der Waals surface area contributed by atoms with Gasteiger partial charge in [0.15, 0.2) is 15.0 Å². The van der Waals surface area contributed by atoms with Gasteiger partial charge < -0.3 is 5.32 Å². The molecule has 1 aliphatic rings. The zero-order valence-electron chi connectivity index (χ0n) is 13.2. The Morgan fingerprint density at radius 1 is 1.57 bits per heavy atom. The molecule has 2 atom stereocenters. The number of hydrogen-bond acceptors (Lipinski definition) is 6. The highest BCUT2D eigenvalue weighted by atomic mass is 32.2. The fourth-order valence-corrected chi connectivity index (χ4v) is 4.91. The van der Waals surface area contributed by atoms with Crippen LogP contribution >= 0.6 is 11.8 Å². The highest BCUT2D eigenvalue weighted by Crippen LogP contribution is 2.21. The molecule has 1 aromatic heterocycles. The van der Waals surface area contributed by atoms with Crippen molar-refractivity contribution in [3.05, 3.63) is 10.5 Å². The first-order valence-electron chi connectivity index (χ1n) is 7.65. The van der Waals surface area contributed by atoms with E-state index in [-0.39, 0.29) is 29.1 Å². The van der Waals surface area contributed by atoms with Crippen molar-refractivity contribution >= 4 is 27.5 Å². The number of thioether (sulfide) groups is 1. The Labute approximate surface area is 139 Å². The largest absolute Gasteiger partial charge is 0.351 e. The van der Waals surface area contributed by atoms with E-state index in [1.807, 2.05) is 6.92 Å². The normalized spacial score (nSPS) is 21.2. The van der Waals surface area contributed by atoms with E-state index in [9.17, 15) is 18.0 Å². The first kappa shape index (κ1) is 18.1. The molecule has 0 radical (unpaired) electrons. The second-order valence-electron chi connectivity index (χ2n) is 5.69. The smallest absolute Gasteiger partial charge is 0.343 e. The first-order chi connectivity index (χ1) is 10.8. The number of rotatable bonds is 7. The molecule has 1 saturated heterocycles. The van der Waals surface area contributed by atoms with Crippen LogP contribution in [0.3, 0.4) is 0 Å². The molecule has 2 N–H and O–H groups in total. The molecule has 0 bridgehead atoms. The molecule has 130 valence electrons. The average Bonchev–Trinajstić information content (AvgIpc) is 2.99. The highest BCUT2D eigenvalue weighted by Gasteiger charge is 2.30. The lowest BCUT2D eigenvalue weighted by Crippen LogP contribution is -2.40. The van der Waals surface area contributed by atoms with Gasteiger partial charge in [0.05, 0.1) is 16.8 Å². The molecule has 1 fully saturated rings. The van der Waals surface area contributed by atoms with E-state index in [0.29, 0.717) is 18.1 Å². The van der Waals surface area contributed by atoms with Gasteiger partial charge in [-0.05, 0) is 19.8 Å². The van der Waals surface area contributed by atoms with Crippen LogP contribution in [-0.2, 0) is 21.2 Å². The van der Waals surface area contributed by atoms with E-state index < -0.39 is 15.1 Å². The lowest BCUT2D eigenvalue weighted by atomic mass is 10.2. The Morgan fingerprint density at radius 3 is 2.91 bits per heavy atom. The van der Waals surface area contributed by atoms with Gasteiger partial charge in [-0.15, -0.1) is 5.10 Å². The number of H-pyrrole nitrogens is 1. The zero-order valence-corrected chi connectivity index (χ0v) is 14.9. The van der Waals surface area contributed by atoms with Crippen molar-refractivity contribution in [1.29, 1.82) is 0 Å². The van der Waals surface area contributed by atoms with Crippen molar-refractivity contribution in [3.8, 4) is 0 Å². The summed E-state index contributed by atoms with van der Waals surface area (Å²) in [5.74, 6) is -0.121. The molecule has 0 unspecified atom stereocenters. The zero-order chi connectivity index (χ0) is 17.0. The quantitative estimate of drug-likeness (QED) is 0.668. The Balaban J connectivity index is 1.95. The Hall–Kier alpha value is -1.29. The van der Waals surface area contributed by atoms with Crippen LogP contribution in [0.4, 0.5) is 0 Å². The van der Waals surface area contributed by atoms with Crippen LogP contribution in [0.15, 0.2) is 9.95 Å². The number of aromatic amines is 1. The number of carbonyl (C=O) groups excluding carboxylic acids is 1. The van der Waals surface area contributed by atoms with Gasteiger partial charge in [0.25, 0.3) is 0 Å². The van der Waals surface area contributed by atoms with E-state index in [4.69, 9.17) is 0 Å². The SMILES string of the molecule is CCCCn1c(S[C@H](C)C(=O)N[C@@H]2CCS(=O)(=O)C2)n[nH]c1=O. The van der Waals surface area contributed by atoms with Crippen molar-refractivity contribution in [3.63, 3.8) is 0 Å². The summed E-state index contributed by atoms with van der Waals surface area (Å²) in [7, 11) is -3.02. The predicted molar refractivity (Wildman–Crippen MR) is 88.3 cm³/mol. The van der Waals surface area contributed by atoms with Gasteiger partial charge in [0.2, 0.25) is 5.91 Å². The predicted octanol–water partition coefficient (Wildman–Crippen LogP) is 0.155. The summed E-state index contributed by atoms with van der Waals surface area (Å²) < 4.78 is 24.4. The number of aromatic nitrogens is 3. The number of sulfone groups is 1. The van der Waals surface area contributed by atoms with E-state index in [1.165, 1.54) is 16.3 Å². The maximum absolute atomic E-state index is 12.2. The summed E-state index contributed by atoms with van der Waals surface area (Å²) in [4.78, 5) is 23.9. The standard InChI is InChI=1S/C13H22N4O4S2/c1-3-4-6-17-12(19)15-16-13(17)22-9(2)11(18)14-10-5-7-23(20,21)8-10/h9-10H,3-8H2,1-2H3,(H,14,18)(H,15,19)/t9-,10-/m1/s1. The topological polar surface area (TPSA) is 114 Å². The minimum Gasteiger partial charge on any atom is -0.351 e. The molecule has 2 heterocycles. The molecular weight excluding hydrogens is 340 g/mol. The number of nitrogens with one attached hydrogen (secondary N) is 2. The molecule has 0 saturated carbocycles. The summed E-state index contributed by atoms with van der Waals surface area (Å²) in [6.07, 6.45) is 2.26. The van der Waals surface area contributed by atoms with Gasteiger partial charge in [-0.2, -0.15) is 0 Å². The van der Waals surface area contributed by atoms with Gasteiger partial charge in [-0.25, -0.2) is 18.3 Å². The summed E-state index contributed by atoms with van der Waals surface area (Å²) in [6.45, 7) is 4.31. The molecule has 1 aromatic rings. The number of carbonyl (C=O) groups is 1. The van der Waals surface area contributed by atoms with E-state index >= 15 is 0 Å². The third-order valence-electron chi connectivity index (χ3n) is 3.69. The van der Waals surface area contributed by atoms with Crippen LogP contribution in [-0.4, -0.2) is 51.9 Å². The van der Waals surface area contributed by atoms with Crippen molar-refractivity contribution in [2.45, 2.75) is 56.1 Å². The Morgan fingerprint density at radius 2 is 2.30 bits per heavy atom. The van der Waals surface area contributed by atoms with Crippen LogP contribution < -0.4 is 11.0 Å². The molecule has 8 nitrogen and oxygen atoms in total. The number of unbranched alkanes of at least 4 members (excludes halogenated alkanes) is 1. The van der Waals surface area contributed by atoms with E-state index in [1.54, 1.807) is 6.92 Å². The number of nitrogens with zero attached hydrogens (tertiary/aromatic N) is 2. The second-order valence-corrected chi connectivity index (χ2v) is 9.22. The molecule has 2 rings (SSSR count). The number of hydrogen-bond donors (Lipinski definition) is 2. The van der Waals surface area contributed by atoms with Crippen LogP contribution in [0.2, 0.25) is 0 Å². The van der Waals surface area contributed by atoms with Crippen molar-refractivity contribution in [2.24, 2.45) is 0 Å². The Bertz CT molecular complexity index is 710. The maximum atomic E-state index is 12.2. The van der Waals surface area contributed by atoms with Crippen molar-refractivity contribution in [1.82, 2.24) is 20.1 Å². The summed E-state index contributed by atoms with van der Waals surface area (Å²) in [5.41, 5.74) is -0.282. The monoisotopic (exact) mass is 362 g/mol. The second kappa shape index (κ2) is 7.52. The minimum absolute atomic E-state index is 0.000258.